The maximum Gasteiger partial charge on any atom is 0.248 e. The van der Waals surface area contributed by atoms with Crippen LogP contribution in [0.1, 0.15) is 45.1 Å². The standard InChI is InChI=1S/C30H41N3O5/c1-5-16-31(17-6-2)26(35)23-24-27(36)33(19-20-34)25(30(24)15-14-29(23,8-4)38-30)28(37)32(18-7-3)21-22-12-10-9-11-13-22/h5,7,9-13,23-25,34H,1,3,6,8,14-21H2,2,4H3/t23-,24+,25?,29+,30?/m1/s1. The number of carbonyl (C=O) groups is 3. The number of ether oxygens (including phenoxy) is 1. The van der Waals surface area contributed by atoms with E-state index < -0.39 is 29.1 Å². The van der Waals surface area contributed by atoms with E-state index in [1.54, 1.807) is 22.0 Å². The van der Waals surface area contributed by atoms with Gasteiger partial charge in [-0.2, -0.15) is 0 Å². The van der Waals surface area contributed by atoms with Crippen LogP contribution in [0.2, 0.25) is 0 Å². The summed E-state index contributed by atoms with van der Waals surface area (Å²) in [6.45, 7) is 13.0. The van der Waals surface area contributed by atoms with Gasteiger partial charge in [-0.05, 0) is 31.2 Å². The maximum absolute atomic E-state index is 14.3. The van der Waals surface area contributed by atoms with Crippen LogP contribution in [-0.4, -0.2) is 87.6 Å². The fourth-order valence-electron chi connectivity index (χ4n) is 7.00. The molecule has 1 spiro atoms. The van der Waals surface area contributed by atoms with E-state index in [0.29, 0.717) is 45.4 Å². The number of amides is 3. The minimum Gasteiger partial charge on any atom is -0.395 e. The van der Waals surface area contributed by atoms with Crippen LogP contribution in [0.5, 0.6) is 0 Å². The Morgan fingerprint density at radius 1 is 1.11 bits per heavy atom. The average Bonchev–Trinajstić information content (AvgIpc) is 3.52. The number of carbonyl (C=O) groups excluding carboxylic acids is 3. The van der Waals surface area contributed by atoms with Crippen molar-refractivity contribution in [2.75, 3.05) is 32.8 Å². The second-order valence-corrected chi connectivity index (χ2v) is 10.7. The first-order valence-electron chi connectivity index (χ1n) is 13.8. The highest BCUT2D eigenvalue weighted by Crippen LogP contribution is 2.64. The molecular weight excluding hydrogens is 482 g/mol. The van der Waals surface area contributed by atoms with Gasteiger partial charge in [0.15, 0.2) is 0 Å². The molecule has 8 heteroatoms. The summed E-state index contributed by atoms with van der Waals surface area (Å²) in [5.41, 5.74) is -0.942. The number of likely N-dealkylation sites (tertiary alicyclic amines) is 1. The lowest BCUT2D eigenvalue weighted by atomic mass is 9.64. The summed E-state index contributed by atoms with van der Waals surface area (Å²) in [6.07, 6.45) is 5.85. The van der Waals surface area contributed by atoms with E-state index in [9.17, 15) is 19.5 Å². The molecule has 0 radical (unpaired) electrons. The lowest BCUT2D eigenvalue weighted by molar-refractivity contribution is -0.155. The van der Waals surface area contributed by atoms with Crippen LogP contribution < -0.4 is 0 Å². The fourth-order valence-corrected chi connectivity index (χ4v) is 7.00. The first-order valence-corrected chi connectivity index (χ1v) is 13.8. The Balaban J connectivity index is 1.76. The summed E-state index contributed by atoms with van der Waals surface area (Å²) in [4.78, 5) is 47.4. The molecule has 1 aromatic carbocycles. The monoisotopic (exact) mass is 523 g/mol. The van der Waals surface area contributed by atoms with Crippen LogP contribution in [0.15, 0.2) is 55.6 Å². The molecule has 4 rings (SSSR count). The molecule has 1 N–H and O–H groups in total. The van der Waals surface area contributed by atoms with Crippen LogP contribution in [-0.2, 0) is 25.7 Å². The SMILES string of the molecule is C=CCN(Cc1ccccc1)C(=O)C1N(CCO)C(=O)[C@@H]2[C@H](C(=O)N(CC=C)CCC)[C@]3(CC)CCC12O3. The molecule has 5 atom stereocenters. The van der Waals surface area contributed by atoms with E-state index in [1.165, 1.54) is 4.90 Å². The Hall–Kier alpha value is -2.97. The van der Waals surface area contributed by atoms with Crippen LogP contribution in [0.3, 0.4) is 0 Å². The summed E-state index contributed by atoms with van der Waals surface area (Å²) >= 11 is 0. The topological polar surface area (TPSA) is 90.4 Å². The highest BCUT2D eigenvalue weighted by atomic mass is 16.5. The van der Waals surface area contributed by atoms with Gasteiger partial charge in [-0.3, -0.25) is 14.4 Å². The number of fused-ring (bicyclic) bond motifs is 1. The van der Waals surface area contributed by atoms with E-state index in [4.69, 9.17) is 4.74 Å². The first-order chi connectivity index (χ1) is 18.3. The van der Waals surface area contributed by atoms with Gasteiger partial charge in [0.1, 0.15) is 11.6 Å². The molecule has 3 heterocycles. The molecule has 8 nitrogen and oxygen atoms in total. The van der Waals surface area contributed by atoms with Gasteiger partial charge >= 0.3 is 0 Å². The lowest BCUT2D eigenvalue weighted by Gasteiger charge is -2.37. The number of aliphatic hydroxyl groups excluding tert-OH is 1. The highest BCUT2D eigenvalue weighted by molar-refractivity contribution is 5.99. The van der Waals surface area contributed by atoms with E-state index in [1.807, 2.05) is 44.2 Å². The number of benzene rings is 1. The van der Waals surface area contributed by atoms with Crippen molar-refractivity contribution in [3.63, 3.8) is 0 Å². The van der Waals surface area contributed by atoms with Gasteiger partial charge < -0.3 is 24.5 Å². The van der Waals surface area contributed by atoms with Gasteiger partial charge in [0, 0.05) is 32.7 Å². The van der Waals surface area contributed by atoms with Crippen LogP contribution in [0, 0.1) is 11.8 Å². The zero-order valence-electron chi connectivity index (χ0n) is 22.7. The van der Waals surface area contributed by atoms with Gasteiger partial charge in [-0.25, -0.2) is 0 Å². The number of β-amino-alcohol motifs (C(OH)–C–C–N with tert-alkyl or cyclic N) is 1. The molecule has 3 fully saturated rings. The van der Waals surface area contributed by atoms with Crippen LogP contribution in [0.4, 0.5) is 0 Å². The molecule has 206 valence electrons. The Morgan fingerprint density at radius 2 is 1.79 bits per heavy atom. The second kappa shape index (κ2) is 11.4. The van der Waals surface area contributed by atoms with Crippen molar-refractivity contribution < 1.29 is 24.2 Å². The zero-order valence-corrected chi connectivity index (χ0v) is 22.7. The molecule has 3 amide bonds. The number of hydrogen-bond donors (Lipinski definition) is 1. The van der Waals surface area contributed by atoms with Crippen molar-refractivity contribution in [3.8, 4) is 0 Å². The molecule has 0 aromatic heterocycles. The molecule has 3 aliphatic heterocycles. The van der Waals surface area contributed by atoms with Crippen LogP contribution in [0.25, 0.3) is 0 Å². The summed E-state index contributed by atoms with van der Waals surface area (Å²) in [6, 6.07) is 8.76. The molecule has 1 aromatic rings. The minimum absolute atomic E-state index is 0.00941. The van der Waals surface area contributed by atoms with Crippen molar-refractivity contribution in [2.24, 2.45) is 11.8 Å². The Morgan fingerprint density at radius 3 is 2.39 bits per heavy atom. The summed E-state index contributed by atoms with van der Waals surface area (Å²) < 4.78 is 6.83. The predicted octanol–water partition coefficient (Wildman–Crippen LogP) is 2.77. The zero-order chi connectivity index (χ0) is 27.5. The minimum atomic E-state index is -1.11. The third-order valence-electron chi connectivity index (χ3n) is 8.55. The molecule has 3 saturated heterocycles. The van der Waals surface area contributed by atoms with E-state index in [0.717, 1.165) is 12.0 Å². The first kappa shape index (κ1) is 28.0. The third kappa shape index (κ3) is 4.47. The average molecular weight is 524 g/mol. The van der Waals surface area contributed by atoms with Gasteiger partial charge in [0.25, 0.3) is 0 Å². The summed E-state index contributed by atoms with van der Waals surface area (Å²) in [7, 11) is 0. The van der Waals surface area contributed by atoms with E-state index in [-0.39, 0.29) is 30.9 Å². The maximum atomic E-state index is 14.3. The summed E-state index contributed by atoms with van der Waals surface area (Å²) in [5.74, 6) is -2.08. The molecule has 0 aliphatic carbocycles. The predicted molar refractivity (Wildman–Crippen MR) is 145 cm³/mol. The van der Waals surface area contributed by atoms with Crippen molar-refractivity contribution in [3.05, 3.63) is 61.2 Å². The van der Waals surface area contributed by atoms with Gasteiger partial charge in [0.05, 0.1) is 24.0 Å². The lowest BCUT2D eigenvalue weighted by Crippen LogP contribution is -2.56. The van der Waals surface area contributed by atoms with Gasteiger partial charge in [-0.15, -0.1) is 13.2 Å². The Bertz CT molecular complexity index is 1060. The highest BCUT2D eigenvalue weighted by Gasteiger charge is 2.79. The van der Waals surface area contributed by atoms with Crippen molar-refractivity contribution in [1.29, 1.82) is 0 Å². The number of hydrogen-bond acceptors (Lipinski definition) is 5. The van der Waals surface area contributed by atoms with Gasteiger partial charge in [0.2, 0.25) is 17.7 Å². The smallest absolute Gasteiger partial charge is 0.248 e. The number of aliphatic hydroxyl groups is 1. The quantitative estimate of drug-likeness (QED) is 0.402. The van der Waals surface area contributed by atoms with Crippen molar-refractivity contribution in [2.45, 2.75) is 63.3 Å². The van der Waals surface area contributed by atoms with Gasteiger partial charge in [-0.1, -0.05) is 56.3 Å². The Kier molecular flexibility index (Phi) is 8.43. The Labute approximate surface area is 225 Å². The molecular formula is C30H41N3O5. The number of rotatable bonds is 13. The van der Waals surface area contributed by atoms with Crippen molar-refractivity contribution in [1.82, 2.24) is 14.7 Å². The molecule has 3 aliphatic rings. The third-order valence-corrected chi connectivity index (χ3v) is 8.55. The second-order valence-electron chi connectivity index (χ2n) is 10.7. The molecule has 2 bridgehead atoms. The fraction of sp³-hybridized carbons (Fsp3) is 0.567. The molecule has 38 heavy (non-hydrogen) atoms. The van der Waals surface area contributed by atoms with E-state index in [2.05, 4.69) is 13.2 Å². The van der Waals surface area contributed by atoms with E-state index >= 15 is 0 Å². The largest absolute Gasteiger partial charge is 0.395 e. The molecule has 0 saturated carbocycles. The number of nitrogens with zero attached hydrogens (tertiary/aromatic N) is 3. The van der Waals surface area contributed by atoms with Crippen molar-refractivity contribution >= 4 is 17.7 Å². The van der Waals surface area contributed by atoms with Crippen LogP contribution >= 0.6 is 0 Å². The summed E-state index contributed by atoms with van der Waals surface area (Å²) in [5, 5.41) is 9.89. The molecule has 2 unspecified atom stereocenters. The normalized spacial score (nSPS) is 29.3.